The Hall–Kier alpha value is -4.82. The van der Waals surface area contributed by atoms with Crippen molar-refractivity contribution in [1.29, 1.82) is 0 Å². The number of nitrogens with one attached hydrogen (secondary N) is 2. The number of amides is 2. The highest BCUT2D eigenvalue weighted by atomic mass is 16.6. The minimum Gasteiger partial charge on any atom is -0.460 e. The molecule has 0 atom stereocenters. The average molecular weight is 532 g/mol. The van der Waals surface area contributed by atoms with Crippen molar-refractivity contribution in [2.75, 3.05) is 50.3 Å². The second-order valence-electron chi connectivity index (χ2n) is 7.16. The standard InChI is InChI=1S/C24H24N2O12/c27-11-19(29)25-17-5-1-15(2-6-17)23(33)37-13-21(31)35-9-10-36-22(32)14-38-24(34)16-3-7-18(8-4-16)26-20(30)12-28/h1-8,27-28H,9-14H2,(H,25,29)(H,26,30). The number of benzene rings is 2. The number of carbonyl (C=O) groups excluding carboxylic acids is 6. The molecule has 4 N–H and O–H groups in total. The molecule has 2 amide bonds. The van der Waals surface area contributed by atoms with E-state index in [-0.39, 0.29) is 24.3 Å². The highest BCUT2D eigenvalue weighted by Crippen LogP contribution is 2.11. The molecule has 0 aromatic heterocycles. The quantitative estimate of drug-likeness (QED) is 0.148. The Kier molecular flexibility index (Phi) is 11.9. The fourth-order valence-electron chi connectivity index (χ4n) is 2.59. The molecule has 0 saturated heterocycles. The largest absolute Gasteiger partial charge is 0.460 e. The maximum atomic E-state index is 12.0. The summed E-state index contributed by atoms with van der Waals surface area (Å²) in [5, 5.41) is 22.1. The molecule has 0 heterocycles. The van der Waals surface area contributed by atoms with Crippen molar-refractivity contribution in [3.05, 3.63) is 59.7 Å². The van der Waals surface area contributed by atoms with Crippen LogP contribution in [0.1, 0.15) is 20.7 Å². The zero-order chi connectivity index (χ0) is 27.9. The smallest absolute Gasteiger partial charge is 0.344 e. The Morgan fingerprint density at radius 1 is 0.553 bits per heavy atom. The topological polar surface area (TPSA) is 204 Å². The molecule has 0 fully saturated rings. The molecule has 0 unspecified atom stereocenters. The van der Waals surface area contributed by atoms with Gasteiger partial charge in [-0.3, -0.25) is 9.59 Å². The van der Waals surface area contributed by atoms with E-state index >= 15 is 0 Å². The van der Waals surface area contributed by atoms with Crippen LogP contribution in [-0.2, 0) is 38.1 Å². The van der Waals surface area contributed by atoms with Crippen LogP contribution < -0.4 is 10.6 Å². The van der Waals surface area contributed by atoms with E-state index in [0.29, 0.717) is 11.4 Å². The zero-order valence-corrected chi connectivity index (χ0v) is 19.8. The van der Waals surface area contributed by atoms with Crippen LogP contribution in [0.3, 0.4) is 0 Å². The van der Waals surface area contributed by atoms with E-state index in [1.54, 1.807) is 0 Å². The van der Waals surface area contributed by atoms with Gasteiger partial charge in [-0.15, -0.1) is 0 Å². The maximum absolute atomic E-state index is 12.0. The van der Waals surface area contributed by atoms with Gasteiger partial charge < -0.3 is 39.8 Å². The van der Waals surface area contributed by atoms with Crippen LogP contribution in [0.2, 0.25) is 0 Å². The first-order valence-electron chi connectivity index (χ1n) is 10.9. The van der Waals surface area contributed by atoms with E-state index in [1.807, 2.05) is 0 Å². The summed E-state index contributed by atoms with van der Waals surface area (Å²) in [5.74, 6) is -4.67. The molecule has 0 aliphatic heterocycles. The van der Waals surface area contributed by atoms with Crippen LogP contribution in [-0.4, -0.2) is 85.5 Å². The zero-order valence-electron chi connectivity index (χ0n) is 19.8. The van der Waals surface area contributed by atoms with Crippen molar-refractivity contribution in [1.82, 2.24) is 0 Å². The van der Waals surface area contributed by atoms with Gasteiger partial charge in [-0.25, -0.2) is 19.2 Å². The molecule has 0 bridgehead atoms. The number of ether oxygens (including phenoxy) is 4. The predicted octanol–water partition coefficient (Wildman–Crippen LogP) is -0.352. The van der Waals surface area contributed by atoms with Crippen LogP contribution in [0, 0.1) is 0 Å². The van der Waals surface area contributed by atoms with Gasteiger partial charge >= 0.3 is 23.9 Å². The average Bonchev–Trinajstić information content (AvgIpc) is 2.93. The van der Waals surface area contributed by atoms with Gasteiger partial charge in [0.2, 0.25) is 11.8 Å². The van der Waals surface area contributed by atoms with E-state index in [9.17, 15) is 28.8 Å². The van der Waals surface area contributed by atoms with Crippen LogP contribution in [0.4, 0.5) is 11.4 Å². The Labute approximate surface area is 215 Å². The van der Waals surface area contributed by atoms with E-state index < -0.39 is 62.1 Å². The first-order chi connectivity index (χ1) is 18.2. The molecule has 0 aliphatic carbocycles. The Bertz CT molecular complexity index is 1050. The second kappa shape index (κ2) is 15.3. The van der Waals surface area contributed by atoms with Gasteiger partial charge in [0.05, 0.1) is 11.1 Å². The van der Waals surface area contributed by atoms with Gasteiger partial charge in [0.25, 0.3) is 0 Å². The molecule has 2 aromatic carbocycles. The van der Waals surface area contributed by atoms with Gasteiger partial charge in [0.1, 0.15) is 26.4 Å². The van der Waals surface area contributed by atoms with Crippen LogP contribution in [0.15, 0.2) is 48.5 Å². The molecule has 202 valence electrons. The van der Waals surface area contributed by atoms with Crippen molar-refractivity contribution >= 4 is 47.1 Å². The summed E-state index contributed by atoms with van der Waals surface area (Å²) in [6, 6.07) is 11.0. The molecule has 2 aromatic rings. The Morgan fingerprint density at radius 3 is 1.21 bits per heavy atom. The van der Waals surface area contributed by atoms with Gasteiger partial charge in [-0.05, 0) is 48.5 Å². The van der Waals surface area contributed by atoms with Crippen molar-refractivity contribution < 1.29 is 57.9 Å². The first kappa shape index (κ1) is 29.4. The third kappa shape index (κ3) is 10.4. The Balaban J connectivity index is 1.60. The molecular formula is C24H24N2O12. The number of aliphatic hydroxyl groups is 2. The third-order valence-corrected chi connectivity index (χ3v) is 4.35. The summed E-state index contributed by atoms with van der Waals surface area (Å²) in [6.07, 6.45) is 0. The van der Waals surface area contributed by atoms with E-state index in [2.05, 4.69) is 10.6 Å². The fourth-order valence-corrected chi connectivity index (χ4v) is 2.59. The number of rotatable bonds is 13. The molecule has 38 heavy (non-hydrogen) atoms. The van der Waals surface area contributed by atoms with Gasteiger partial charge in [0, 0.05) is 11.4 Å². The molecule has 2 rings (SSSR count). The first-order valence-corrected chi connectivity index (χ1v) is 10.9. The number of carbonyl (C=O) groups is 6. The number of esters is 4. The van der Waals surface area contributed by atoms with Crippen LogP contribution in [0.5, 0.6) is 0 Å². The normalized spacial score (nSPS) is 10.1. The van der Waals surface area contributed by atoms with E-state index in [1.165, 1.54) is 48.5 Å². The molecule has 14 heteroatoms. The minimum absolute atomic E-state index is 0.104. The lowest BCUT2D eigenvalue weighted by Gasteiger charge is -2.08. The SMILES string of the molecule is O=C(CO)Nc1ccc(C(=O)OCC(=O)OCCOC(=O)COC(=O)c2ccc(NC(=O)CO)cc2)cc1. The third-order valence-electron chi connectivity index (χ3n) is 4.35. The summed E-state index contributed by atoms with van der Waals surface area (Å²) < 4.78 is 19.2. The van der Waals surface area contributed by atoms with E-state index in [4.69, 9.17) is 29.2 Å². The molecule has 0 spiro atoms. The number of anilines is 2. The highest BCUT2D eigenvalue weighted by molar-refractivity contribution is 5.95. The van der Waals surface area contributed by atoms with Crippen LogP contribution >= 0.6 is 0 Å². The summed E-state index contributed by atoms with van der Waals surface area (Å²) in [6.45, 7) is -3.45. The summed E-state index contributed by atoms with van der Waals surface area (Å²) >= 11 is 0. The van der Waals surface area contributed by atoms with Crippen molar-refractivity contribution in [3.8, 4) is 0 Å². The molecule has 0 aliphatic rings. The van der Waals surface area contributed by atoms with Crippen molar-refractivity contribution in [2.45, 2.75) is 0 Å². The summed E-state index contributed by atoms with van der Waals surface area (Å²) in [5.41, 5.74) is 0.912. The lowest BCUT2D eigenvalue weighted by molar-refractivity contribution is -0.155. The number of hydrogen-bond donors (Lipinski definition) is 4. The predicted molar refractivity (Wildman–Crippen MR) is 127 cm³/mol. The lowest BCUT2D eigenvalue weighted by atomic mass is 10.2. The lowest BCUT2D eigenvalue weighted by Crippen LogP contribution is -2.21. The maximum Gasteiger partial charge on any atom is 0.344 e. The second-order valence-corrected chi connectivity index (χ2v) is 7.16. The minimum atomic E-state index is -0.897. The number of hydrogen-bond acceptors (Lipinski definition) is 12. The van der Waals surface area contributed by atoms with E-state index in [0.717, 1.165) is 0 Å². The monoisotopic (exact) mass is 532 g/mol. The Morgan fingerprint density at radius 2 is 0.895 bits per heavy atom. The highest BCUT2D eigenvalue weighted by Gasteiger charge is 2.14. The fraction of sp³-hybridized carbons (Fsp3) is 0.250. The van der Waals surface area contributed by atoms with Crippen molar-refractivity contribution in [2.24, 2.45) is 0 Å². The van der Waals surface area contributed by atoms with Crippen LogP contribution in [0.25, 0.3) is 0 Å². The van der Waals surface area contributed by atoms with Gasteiger partial charge in [-0.2, -0.15) is 0 Å². The molecule has 0 radical (unpaired) electrons. The van der Waals surface area contributed by atoms with Gasteiger partial charge in [-0.1, -0.05) is 0 Å². The van der Waals surface area contributed by atoms with Gasteiger partial charge in [0.15, 0.2) is 13.2 Å². The molecular weight excluding hydrogens is 508 g/mol. The molecule has 0 saturated carbocycles. The molecule has 14 nitrogen and oxygen atoms in total. The van der Waals surface area contributed by atoms with Crippen molar-refractivity contribution in [3.63, 3.8) is 0 Å². The number of aliphatic hydroxyl groups excluding tert-OH is 2. The summed E-state index contributed by atoms with van der Waals surface area (Å²) in [7, 11) is 0. The summed E-state index contributed by atoms with van der Waals surface area (Å²) in [4.78, 5) is 69.5.